The summed E-state index contributed by atoms with van der Waals surface area (Å²) < 4.78 is 0. The zero-order valence-electron chi connectivity index (χ0n) is 13.4. The van der Waals surface area contributed by atoms with Gasteiger partial charge in [0.25, 0.3) is 5.91 Å². The molecule has 0 radical (unpaired) electrons. The van der Waals surface area contributed by atoms with E-state index in [-0.39, 0.29) is 18.9 Å². The van der Waals surface area contributed by atoms with Gasteiger partial charge >= 0.3 is 5.97 Å². The minimum atomic E-state index is -1.01. The molecule has 1 amide bonds. The second-order valence-electron chi connectivity index (χ2n) is 6.14. The van der Waals surface area contributed by atoms with Gasteiger partial charge in [-0.1, -0.05) is 48.5 Å². The maximum atomic E-state index is 12.6. The molecule has 0 spiro atoms. The third-order valence-corrected chi connectivity index (χ3v) is 4.65. The monoisotopic (exact) mass is 332 g/mol. The second-order valence-corrected chi connectivity index (χ2v) is 6.14. The molecule has 5 heteroatoms. The molecule has 1 N–H and O–H groups in total. The van der Waals surface area contributed by atoms with Gasteiger partial charge in [0, 0.05) is 24.7 Å². The third-order valence-electron chi connectivity index (χ3n) is 4.65. The van der Waals surface area contributed by atoms with Gasteiger partial charge < -0.3 is 10.0 Å². The molecule has 1 aliphatic rings. The average Bonchev–Trinajstić information content (AvgIpc) is 2.96. The summed E-state index contributed by atoms with van der Waals surface area (Å²) in [4.78, 5) is 30.0. The fraction of sp³-hybridized carbons (Fsp3) is 0.150. The predicted molar refractivity (Wildman–Crippen MR) is 93.2 cm³/mol. The highest BCUT2D eigenvalue weighted by Gasteiger charge is 2.37. The molecule has 2 aromatic carbocycles. The summed E-state index contributed by atoms with van der Waals surface area (Å²) in [5.41, 5.74) is 2.05. The van der Waals surface area contributed by atoms with Crippen molar-refractivity contribution >= 4 is 22.6 Å². The Hall–Kier alpha value is -3.21. The fourth-order valence-corrected chi connectivity index (χ4v) is 3.41. The summed E-state index contributed by atoms with van der Waals surface area (Å²) in [7, 11) is 0. The molecule has 0 saturated heterocycles. The summed E-state index contributed by atoms with van der Waals surface area (Å²) in [6.07, 6.45) is 1.82. The van der Waals surface area contributed by atoms with Crippen molar-refractivity contribution in [2.45, 2.75) is 19.0 Å². The van der Waals surface area contributed by atoms with Crippen LogP contribution in [0.4, 0.5) is 0 Å². The number of pyridine rings is 1. The minimum absolute atomic E-state index is 0.260. The number of carbonyl (C=O) groups is 2. The number of rotatable bonds is 4. The molecule has 0 bridgehead atoms. The van der Waals surface area contributed by atoms with E-state index in [4.69, 9.17) is 0 Å². The number of nitrogens with zero attached hydrogens (tertiary/aromatic N) is 2. The first-order valence-corrected chi connectivity index (χ1v) is 8.09. The SMILES string of the molecule is O=C(O)[C@H](Cc1cccc2ccccc12)N1Cc2cccnc2C1=O. The predicted octanol–water partition coefficient (Wildman–Crippen LogP) is 2.89. The summed E-state index contributed by atoms with van der Waals surface area (Å²) in [6.45, 7) is 0.281. The smallest absolute Gasteiger partial charge is 0.326 e. The summed E-state index contributed by atoms with van der Waals surface area (Å²) in [5.74, 6) is -1.32. The molecule has 1 aromatic heterocycles. The van der Waals surface area contributed by atoms with Crippen molar-refractivity contribution in [3.63, 3.8) is 0 Å². The largest absolute Gasteiger partial charge is 0.480 e. The number of hydrogen-bond acceptors (Lipinski definition) is 3. The number of carboxylic acids is 1. The van der Waals surface area contributed by atoms with E-state index in [1.165, 1.54) is 4.90 Å². The van der Waals surface area contributed by atoms with Crippen LogP contribution in [0.15, 0.2) is 60.8 Å². The number of hydrogen-bond donors (Lipinski definition) is 1. The lowest BCUT2D eigenvalue weighted by atomic mass is 9.98. The number of aliphatic carboxylic acids is 1. The van der Waals surface area contributed by atoms with Crippen LogP contribution in [-0.2, 0) is 17.8 Å². The first-order valence-electron chi connectivity index (χ1n) is 8.09. The summed E-state index contributed by atoms with van der Waals surface area (Å²) >= 11 is 0. The molecule has 0 unspecified atom stereocenters. The third kappa shape index (κ3) is 2.63. The van der Waals surface area contributed by atoms with Gasteiger partial charge in [-0.2, -0.15) is 0 Å². The van der Waals surface area contributed by atoms with Crippen LogP contribution < -0.4 is 0 Å². The average molecular weight is 332 g/mol. The second kappa shape index (κ2) is 6.02. The zero-order valence-corrected chi connectivity index (χ0v) is 13.4. The summed E-state index contributed by atoms with van der Waals surface area (Å²) in [5, 5.41) is 11.8. The van der Waals surface area contributed by atoms with Crippen molar-refractivity contribution in [3.05, 3.63) is 77.6 Å². The van der Waals surface area contributed by atoms with Gasteiger partial charge in [0.05, 0.1) is 0 Å². The van der Waals surface area contributed by atoms with E-state index in [2.05, 4.69) is 4.98 Å². The van der Waals surface area contributed by atoms with E-state index in [1.807, 2.05) is 48.5 Å². The molecule has 0 saturated carbocycles. The van der Waals surface area contributed by atoms with E-state index in [0.717, 1.165) is 21.9 Å². The molecule has 1 aliphatic heterocycles. The Morgan fingerprint density at radius 2 is 1.92 bits per heavy atom. The molecule has 5 nitrogen and oxygen atoms in total. The first kappa shape index (κ1) is 15.3. The van der Waals surface area contributed by atoms with E-state index in [1.54, 1.807) is 12.3 Å². The van der Waals surface area contributed by atoms with Gasteiger partial charge in [0.2, 0.25) is 0 Å². The van der Waals surface area contributed by atoms with Crippen LogP contribution in [0.25, 0.3) is 10.8 Å². The van der Waals surface area contributed by atoms with Crippen molar-refractivity contribution in [2.75, 3.05) is 0 Å². The lowest BCUT2D eigenvalue weighted by Crippen LogP contribution is -2.43. The van der Waals surface area contributed by atoms with Crippen molar-refractivity contribution < 1.29 is 14.7 Å². The molecular weight excluding hydrogens is 316 g/mol. The van der Waals surface area contributed by atoms with Crippen LogP contribution in [0.1, 0.15) is 21.6 Å². The van der Waals surface area contributed by atoms with Crippen molar-refractivity contribution in [2.24, 2.45) is 0 Å². The van der Waals surface area contributed by atoms with Gasteiger partial charge in [-0.3, -0.25) is 9.78 Å². The quantitative estimate of drug-likeness (QED) is 0.797. The Morgan fingerprint density at radius 3 is 2.72 bits per heavy atom. The highest BCUT2D eigenvalue weighted by atomic mass is 16.4. The van der Waals surface area contributed by atoms with Gasteiger partial charge in [0.15, 0.2) is 0 Å². The van der Waals surface area contributed by atoms with Gasteiger partial charge in [-0.05, 0) is 22.4 Å². The summed E-state index contributed by atoms with van der Waals surface area (Å²) in [6, 6.07) is 16.3. The van der Waals surface area contributed by atoms with E-state index in [9.17, 15) is 14.7 Å². The molecule has 2 heterocycles. The van der Waals surface area contributed by atoms with Crippen molar-refractivity contribution in [1.29, 1.82) is 0 Å². The van der Waals surface area contributed by atoms with Crippen molar-refractivity contribution in [3.8, 4) is 0 Å². The van der Waals surface area contributed by atoms with Crippen LogP contribution in [-0.4, -0.2) is 32.9 Å². The minimum Gasteiger partial charge on any atom is -0.480 e. The molecule has 25 heavy (non-hydrogen) atoms. The molecule has 4 rings (SSSR count). The molecule has 3 aromatic rings. The maximum Gasteiger partial charge on any atom is 0.326 e. The number of carbonyl (C=O) groups excluding carboxylic acids is 1. The van der Waals surface area contributed by atoms with Crippen LogP contribution in [0.5, 0.6) is 0 Å². The Labute approximate surface area is 144 Å². The number of amides is 1. The van der Waals surface area contributed by atoms with E-state index >= 15 is 0 Å². The number of carboxylic acid groups (broad SMARTS) is 1. The number of fused-ring (bicyclic) bond motifs is 2. The maximum absolute atomic E-state index is 12.6. The van der Waals surface area contributed by atoms with Crippen LogP contribution in [0.3, 0.4) is 0 Å². The van der Waals surface area contributed by atoms with Gasteiger partial charge in [-0.15, -0.1) is 0 Å². The molecule has 124 valence electrons. The standard InChI is InChI=1S/C20H16N2O3/c23-19-18-15(8-4-10-21-18)12-22(19)17(20(24)25)11-14-7-3-6-13-5-1-2-9-16(13)14/h1-10,17H,11-12H2,(H,24,25)/t17-/m0/s1. The highest BCUT2D eigenvalue weighted by molar-refractivity contribution is 5.99. The fourth-order valence-electron chi connectivity index (χ4n) is 3.41. The Bertz CT molecular complexity index is 978. The number of aromatic nitrogens is 1. The number of benzene rings is 2. The molecule has 0 fully saturated rings. The van der Waals surface area contributed by atoms with Crippen LogP contribution in [0, 0.1) is 0 Å². The molecule has 0 aliphatic carbocycles. The van der Waals surface area contributed by atoms with Crippen LogP contribution in [0.2, 0.25) is 0 Å². The first-order chi connectivity index (χ1) is 12.1. The highest BCUT2D eigenvalue weighted by Crippen LogP contribution is 2.26. The normalized spacial score (nSPS) is 14.6. The Kier molecular flexibility index (Phi) is 3.69. The Morgan fingerprint density at radius 1 is 1.12 bits per heavy atom. The Balaban J connectivity index is 1.69. The van der Waals surface area contributed by atoms with E-state index < -0.39 is 12.0 Å². The van der Waals surface area contributed by atoms with Gasteiger partial charge in [0.1, 0.15) is 11.7 Å². The lowest BCUT2D eigenvalue weighted by Gasteiger charge is -2.24. The van der Waals surface area contributed by atoms with Crippen LogP contribution >= 0.6 is 0 Å². The molecular formula is C20H16N2O3. The topological polar surface area (TPSA) is 70.5 Å². The van der Waals surface area contributed by atoms with Crippen molar-refractivity contribution in [1.82, 2.24) is 9.88 Å². The lowest BCUT2D eigenvalue weighted by molar-refractivity contribution is -0.142. The zero-order chi connectivity index (χ0) is 17.4. The van der Waals surface area contributed by atoms with Gasteiger partial charge in [-0.25, -0.2) is 4.79 Å². The molecule has 1 atom stereocenters. The van der Waals surface area contributed by atoms with E-state index in [0.29, 0.717) is 5.69 Å².